The van der Waals surface area contributed by atoms with Gasteiger partial charge in [0.1, 0.15) is 7.11 Å². The van der Waals surface area contributed by atoms with Gasteiger partial charge in [0, 0.05) is 21.6 Å². The molecule has 1 aliphatic carbocycles. The monoisotopic (exact) mass is 275 g/mol. The maximum atomic E-state index is 5.10. The molecule has 0 unspecified atom stereocenters. The zero-order valence-electron chi connectivity index (χ0n) is 12.2. The summed E-state index contributed by atoms with van der Waals surface area (Å²) in [5, 5.41) is 4.34. The van der Waals surface area contributed by atoms with Crippen molar-refractivity contribution < 1.29 is 4.84 Å². The van der Waals surface area contributed by atoms with E-state index in [4.69, 9.17) is 4.84 Å². The van der Waals surface area contributed by atoms with Crippen molar-refractivity contribution in [2.24, 2.45) is 5.16 Å². The van der Waals surface area contributed by atoms with Crippen LogP contribution in [0, 0.1) is 20.8 Å². The van der Waals surface area contributed by atoms with Crippen LogP contribution in [0.1, 0.15) is 47.9 Å². The molecule has 1 saturated carbocycles. The summed E-state index contributed by atoms with van der Waals surface area (Å²) in [7, 11) is 1.65. The van der Waals surface area contributed by atoms with Crippen molar-refractivity contribution in [1.82, 2.24) is 0 Å². The molecule has 1 heterocycles. The van der Waals surface area contributed by atoms with E-state index in [2.05, 4.69) is 43.8 Å². The highest BCUT2D eigenvalue weighted by Gasteiger charge is 2.44. The minimum atomic E-state index is 0.398. The maximum Gasteiger partial charge on any atom is 0.106 e. The molecule has 0 amide bonds. The molecule has 0 radical (unpaired) electrons. The summed E-state index contributed by atoms with van der Waals surface area (Å²) in [6.45, 7) is 6.64. The fraction of sp³-hybridized carbons (Fsp3) is 0.562. The molecular formula is C16H21NOS. The molecule has 0 N–H and O–H groups in total. The number of thioether (sulfide) groups is 1. The van der Waals surface area contributed by atoms with E-state index in [0.717, 1.165) is 12.1 Å². The van der Waals surface area contributed by atoms with E-state index in [9.17, 15) is 0 Å². The lowest BCUT2D eigenvalue weighted by molar-refractivity contribution is 0.211. The molecule has 19 heavy (non-hydrogen) atoms. The number of hydrogen-bond acceptors (Lipinski definition) is 3. The highest BCUT2D eigenvalue weighted by Crippen LogP contribution is 2.55. The third-order valence-electron chi connectivity index (χ3n) is 4.55. The van der Waals surface area contributed by atoms with Gasteiger partial charge in [0.15, 0.2) is 0 Å². The Kier molecular flexibility index (Phi) is 3.12. The van der Waals surface area contributed by atoms with Gasteiger partial charge in [-0.2, -0.15) is 0 Å². The van der Waals surface area contributed by atoms with Crippen LogP contribution in [0.25, 0.3) is 0 Å². The van der Waals surface area contributed by atoms with E-state index in [-0.39, 0.29) is 0 Å². The summed E-state index contributed by atoms with van der Waals surface area (Å²) >= 11 is 2.09. The standard InChI is InChI=1S/C16H21NOS/c1-10-8-11(2)14-13(17-18-4)9-16(6-5-7-16)19-15(14)12(10)3/h8H,5-7,9H2,1-4H3/b17-13+. The Balaban J connectivity index is 2.19. The largest absolute Gasteiger partial charge is 0.399 e. The lowest BCUT2D eigenvalue weighted by Crippen LogP contribution is -2.39. The molecule has 3 heteroatoms. The van der Waals surface area contributed by atoms with Crippen LogP contribution in [0.2, 0.25) is 0 Å². The van der Waals surface area contributed by atoms with E-state index >= 15 is 0 Å². The minimum Gasteiger partial charge on any atom is -0.399 e. The maximum absolute atomic E-state index is 5.10. The Hall–Kier alpha value is -0.960. The van der Waals surface area contributed by atoms with Crippen molar-refractivity contribution in [1.29, 1.82) is 0 Å². The van der Waals surface area contributed by atoms with Crippen LogP contribution in [0.4, 0.5) is 0 Å². The predicted molar refractivity (Wildman–Crippen MR) is 81.3 cm³/mol. The van der Waals surface area contributed by atoms with Gasteiger partial charge in [0.2, 0.25) is 0 Å². The van der Waals surface area contributed by atoms with E-state index < -0.39 is 0 Å². The first-order chi connectivity index (χ1) is 9.06. The number of fused-ring (bicyclic) bond motifs is 1. The Morgan fingerprint density at radius 3 is 2.53 bits per heavy atom. The highest BCUT2D eigenvalue weighted by atomic mass is 32.2. The molecule has 1 aromatic rings. The first kappa shape index (κ1) is 13.0. The van der Waals surface area contributed by atoms with E-state index in [1.54, 1.807) is 7.11 Å². The average Bonchev–Trinajstić information content (AvgIpc) is 2.33. The van der Waals surface area contributed by atoms with Gasteiger partial charge in [-0.25, -0.2) is 0 Å². The highest BCUT2D eigenvalue weighted by molar-refractivity contribution is 8.01. The van der Waals surface area contributed by atoms with Gasteiger partial charge in [-0.1, -0.05) is 17.6 Å². The summed E-state index contributed by atoms with van der Waals surface area (Å²) in [6, 6.07) is 2.28. The van der Waals surface area contributed by atoms with Gasteiger partial charge in [0.05, 0.1) is 5.71 Å². The van der Waals surface area contributed by atoms with Crippen LogP contribution in [-0.4, -0.2) is 17.6 Å². The number of benzene rings is 1. The van der Waals surface area contributed by atoms with E-state index in [1.807, 2.05) is 0 Å². The summed E-state index contributed by atoms with van der Waals surface area (Å²) in [5.74, 6) is 0. The van der Waals surface area contributed by atoms with Crippen LogP contribution in [-0.2, 0) is 4.84 Å². The third-order valence-corrected chi connectivity index (χ3v) is 6.25. The van der Waals surface area contributed by atoms with E-state index in [1.165, 1.54) is 46.4 Å². The molecule has 1 fully saturated rings. The lowest BCUT2D eigenvalue weighted by atomic mass is 9.78. The van der Waals surface area contributed by atoms with Crippen molar-refractivity contribution >= 4 is 17.5 Å². The van der Waals surface area contributed by atoms with Gasteiger partial charge in [-0.05, 0) is 50.3 Å². The smallest absolute Gasteiger partial charge is 0.106 e. The second-order valence-corrected chi connectivity index (χ2v) is 7.35. The van der Waals surface area contributed by atoms with Crippen molar-refractivity contribution in [3.8, 4) is 0 Å². The minimum absolute atomic E-state index is 0.398. The van der Waals surface area contributed by atoms with Crippen molar-refractivity contribution in [3.63, 3.8) is 0 Å². The average molecular weight is 275 g/mol. The molecule has 1 spiro atoms. The molecule has 3 rings (SSSR count). The van der Waals surface area contributed by atoms with Crippen LogP contribution in [0.15, 0.2) is 16.1 Å². The first-order valence-electron chi connectivity index (χ1n) is 6.96. The zero-order chi connectivity index (χ0) is 13.6. The third kappa shape index (κ3) is 1.99. The number of hydrogen-bond donors (Lipinski definition) is 0. The van der Waals surface area contributed by atoms with Crippen LogP contribution < -0.4 is 0 Å². The molecule has 0 bridgehead atoms. The Morgan fingerprint density at radius 1 is 1.21 bits per heavy atom. The molecule has 102 valence electrons. The van der Waals surface area contributed by atoms with Crippen molar-refractivity contribution in [2.45, 2.75) is 56.1 Å². The summed E-state index contributed by atoms with van der Waals surface area (Å²) in [5.41, 5.74) is 6.61. The molecule has 0 saturated heterocycles. The molecule has 1 aromatic carbocycles. The molecule has 2 aliphatic rings. The number of oxime groups is 1. The number of rotatable bonds is 1. The fourth-order valence-corrected chi connectivity index (χ4v) is 5.05. The zero-order valence-corrected chi connectivity index (χ0v) is 13.0. The summed E-state index contributed by atoms with van der Waals surface area (Å²) in [4.78, 5) is 6.55. The fourth-order valence-electron chi connectivity index (χ4n) is 3.22. The predicted octanol–water partition coefficient (Wildman–Crippen LogP) is 4.38. The Morgan fingerprint density at radius 2 is 1.95 bits per heavy atom. The summed E-state index contributed by atoms with van der Waals surface area (Å²) < 4.78 is 0.398. The lowest BCUT2D eigenvalue weighted by Gasteiger charge is -2.45. The Labute approximate surface area is 119 Å². The normalized spacial score (nSPS) is 22.2. The molecular weight excluding hydrogens is 254 g/mol. The SMILES string of the molecule is CO/N=C1\CC2(CCC2)Sc2c(C)c(C)cc(C)c21. The number of nitrogens with zero attached hydrogens (tertiary/aromatic N) is 1. The first-order valence-corrected chi connectivity index (χ1v) is 7.78. The molecule has 1 aliphatic heterocycles. The van der Waals surface area contributed by atoms with Gasteiger partial charge in [-0.15, -0.1) is 11.8 Å². The molecule has 2 nitrogen and oxygen atoms in total. The van der Waals surface area contributed by atoms with Crippen molar-refractivity contribution in [2.75, 3.05) is 7.11 Å². The second-order valence-electron chi connectivity index (χ2n) is 5.88. The van der Waals surface area contributed by atoms with Crippen LogP contribution >= 0.6 is 11.8 Å². The van der Waals surface area contributed by atoms with Gasteiger partial charge in [0.25, 0.3) is 0 Å². The van der Waals surface area contributed by atoms with Gasteiger partial charge >= 0.3 is 0 Å². The summed E-state index contributed by atoms with van der Waals surface area (Å²) in [6.07, 6.45) is 5.03. The molecule has 0 aromatic heterocycles. The topological polar surface area (TPSA) is 21.6 Å². The Bertz CT molecular complexity index is 558. The van der Waals surface area contributed by atoms with E-state index in [0.29, 0.717) is 4.75 Å². The van der Waals surface area contributed by atoms with Crippen LogP contribution in [0.3, 0.4) is 0 Å². The van der Waals surface area contributed by atoms with Crippen LogP contribution in [0.5, 0.6) is 0 Å². The quantitative estimate of drug-likeness (QED) is 0.709. The van der Waals surface area contributed by atoms with Gasteiger partial charge in [-0.3, -0.25) is 0 Å². The van der Waals surface area contributed by atoms with Crippen molar-refractivity contribution in [3.05, 3.63) is 28.3 Å². The second kappa shape index (κ2) is 4.55. The molecule has 0 atom stereocenters. The van der Waals surface area contributed by atoms with Gasteiger partial charge < -0.3 is 4.84 Å². The number of aryl methyl sites for hydroxylation is 2.